The smallest absolute Gasteiger partial charge is 0.169 e. The fraction of sp³-hybridized carbons (Fsp3) is 0.273. The molecule has 154 valence electrons. The van der Waals surface area contributed by atoms with Gasteiger partial charge in [0, 0.05) is 37.9 Å². The summed E-state index contributed by atoms with van der Waals surface area (Å²) >= 11 is 0. The van der Waals surface area contributed by atoms with Crippen LogP contribution in [0.4, 0.5) is 17.3 Å². The number of nitrogen functional groups attached to an aromatic ring is 1. The van der Waals surface area contributed by atoms with Crippen LogP contribution in [0, 0.1) is 0 Å². The van der Waals surface area contributed by atoms with E-state index in [2.05, 4.69) is 30.0 Å². The third-order valence-electron chi connectivity index (χ3n) is 5.12. The fourth-order valence-corrected chi connectivity index (χ4v) is 3.62. The number of nitrogens with zero attached hydrogens (tertiary/aromatic N) is 6. The van der Waals surface area contributed by atoms with E-state index in [9.17, 15) is 5.11 Å². The molecule has 2 aromatic heterocycles. The largest absolute Gasteiger partial charge is 0.507 e. The summed E-state index contributed by atoms with van der Waals surface area (Å²) in [5.41, 5.74) is 8.24. The molecule has 0 spiro atoms. The minimum atomic E-state index is 0.172. The number of phenols is 1. The molecule has 1 aliphatic rings. The number of hydrogen-bond donors (Lipinski definition) is 2. The summed E-state index contributed by atoms with van der Waals surface area (Å²) in [7, 11) is 0. The van der Waals surface area contributed by atoms with E-state index < -0.39 is 0 Å². The van der Waals surface area contributed by atoms with E-state index in [1.807, 2.05) is 43.3 Å². The van der Waals surface area contributed by atoms with E-state index in [1.165, 1.54) is 0 Å². The Hall–Kier alpha value is -3.68. The summed E-state index contributed by atoms with van der Waals surface area (Å²) in [6, 6.07) is 11.0. The third-order valence-corrected chi connectivity index (χ3v) is 5.12. The van der Waals surface area contributed by atoms with Crippen LogP contribution >= 0.6 is 0 Å². The molecule has 0 unspecified atom stereocenters. The highest BCUT2D eigenvalue weighted by molar-refractivity contribution is 5.74. The third kappa shape index (κ3) is 4.17. The molecule has 3 aromatic rings. The van der Waals surface area contributed by atoms with Crippen LogP contribution in [0.5, 0.6) is 5.75 Å². The molecule has 1 saturated heterocycles. The predicted molar refractivity (Wildman–Crippen MR) is 119 cm³/mol. The Kier molecular flexibility index (Phi) is 5.74. The molecule has 1 aliphatic heterocycles. The highest BCUT2D eigenvalue weighted by Gasteiger charge is 2.20. The van der Waals surface area contributed by atoms with Crippen molar-refractivity contribution >= 4 is 23.4 Å². The second kappa shape index (κ2) is 8.77. The van der Waals surface area contributed by atoms with Crippen molar-refractivity contribution < 1.29 is 5.11 Å². The standard InChI is InChI=1S/C22H25N7O/c1-2-6-20-24-10-9-21(25-20)29-12-5-11-28(13-14-29)18-15-17(26-27-22(18)23)16-7-3-4-8-19(16)30/h2-4,6-10,15,30H,5,11-14H2,1H3,(H2,23,27). The molecular formula is C22H25N7O. The van der Waals surface area contributed by atoms with Crippen molar-refractivity contribution in [1.29, 1.82) is 0 Å². The van der Waals surface area contributed by atoms with Crippen LogP contribution in [0.25, 0.3) is 17.3 Å². The molecule has 30 heavy (non-hydrogen) atoms. The number of hydrogen-bond acceptors (Lipinski definition) is 8. The topological polar surface area (TPSA) is 104 Å². The van der Waals surface area contributed by atoms with Crippen molar-refractivity contribution in [1.82, 2.24) is 20.2 Å². The Morgan fingerprint density at radius 1 is 1.03 bits per heavy atom. The van der Waals surface area contributed by atoms with E-state index >= 15 is 0 Å². The molecular weight excluding hydrogens is 378 g/mol. The summed E-state index contributed by atoms with van der Waals surface area (Å²) in [4.78, 5) is 13.4. The Balaban J connectivity index is 1.55. The zero-order valence-corrected chi connectivity index (χ0v) is 16.9. The van der Waals surface area contributed by atoms with E-state index in [4.69, 9.17) is 5.73 Å². The van der Waals surface area contributed by atoms with Crippen LogP contribution in [0.15, 0.2) is 48.7 Å². The maximum Gasteiger partial charge on any atom is 0.169 e. The predicted octanol–water partition coefficient (Wildman–Crippen LogP) is 2.97. The molecule has 0 radical (unpaired) electrons. The molecule has 3 N–H and O–H groups in total. The Labute approximate surface area is 175 Å². The van der Waals surface area contributed by atoms with Crippen molar-refractivity contribution in [3.63, 3.8) is 0 Å². The molecule has 4 rings (SSSR count). The van der Waals surface area contributed by atoms with Gasteiger partial charge in [0.2, 0.25) is 0 Å². The second-order valence-corrected chi connectivity index (χ2v) is 7.12. The fourth-order valence-electron chi connectivity index (χ4n) is 3.62. The van der Waals surface area contributed by atoms with Gasteiger partial charge in [-0.1, -0.05) is 18.2 Å². The Bertz CT molecular complexity index is 1050. The number of aromatic nitrogens is 4. The van der Waals surface area contributed by atoms with Gasteiger partial charge in [0.05, 0.1) is 11.4 Å². The van der Waals surface area contributed by atoms with Crippen LogP contribution in [-0.4, -0.2) is 51.5 Å². The normalized spacial score (nSPS) is 14.8. The molecule has 0 saturated carbocycles. The number of phenolic OH excluding ortho intramolecular Hbond substituents is 1. The van der Waals surface area contributed by atoms with Crippen LogP contribution < -0.4 is 15.5 Å². The van der Waals surface area contributed by atoms with Crippen LogP contribution in [-0.2, 0) is 0 Å². The monoisotopic (exact) mass is 403 g/mol. The van der Waals surface area contributed by atoms with Gasteiger partial charge in [-0.3, -0.25) is 0 Å². The number of rotatable bonds is 4. The van der Waals surface area contributed by atoms with E-state index in [0.29, 0.717) is 22.9 Å². The van der Waals surface area contributed by atoms with Gasteiger partial charge in [-0.15, -0.1) is 10.2 Å². The summed E-state index contributed by atoms with van der Waals surface area (Å²) < 4.78 is 0. The number of anilines is 3. The summed E-state index contributed by atoms with van der Waals surface area (Å²) in [5.74, 6) is 2.20. The first kappa shape index (κ1) is 19.6. The van der Waals surface area contributed by atoms with Gasteiger partial charge in [0.15, 0.2) is 11.6 Å². The molecule has 8 nitrogen and oxygen atoms in total. The van der Waals surface area contributed by atoms with Crippen molar-refractivity contribution in [2.45, 2.75) is 13.3 Å². The Morgan fingerprint density at radius 3 is 2.67 bits per heavy atom. The highest BCUT2D eigenvalue weighted by atomic mass is 16.3. The van der Waals surface area contributed by atoms with Gasteiger partial charge in [-0.05, 0) is 43.7 Å². The van der Waals surface area contributed by atoms with E-state index in [1.54, 1.807) is 18.3 Å². The first-order chi connectivity index (χ1) is 14.7. The molecule has 1 aromatic carbocycles. The first-order valence-corrected chi connectivity index (χ1v) is 10.0. The number of aromatic hydroxyl groups is 1. The zero-order chi connectivity index (χ0) is 20.9. The van der Waals surface area contributed by atoms with Crippen LogP contribution in [0.2, 0.25) is 0 Å². The molecule has 0 atom stereocenters. The molecule has 0 amide bonds. The maximum atomic E-state index is 10.2. The number of allylic oxidation sites excluding steroid dienone is 1. The lowest BCUT2D eigenvalue weighted by atomic mass is 10.1. The number of para-hydroxylation sites is 1. The highest BCUT2D eigenvalue weighted by Crippen LogP contribution is 2.31. The van der Waals surface area contributed by atoms with Crippen molar-refractivity contribution in [3.05, 3.63) is 54.5 Å². The van der Waals surface area contributed by atoms with Gasteiger partial charge in [0.25, 0.3) is 0 Å². The van der Waals surface area contributed by atoms with Gasteiger partial charge in [0.1, 0.15) is 11.6 Å². The lowest BCUT2D eigenvalue weighted by Crippen LogP contribution is -2.31. The van der Waals surface area contributed by atoms with Crippen LogP contribution in [0.1, 0.15) is 19.2 Å². The molecule has 0 aliphatic carbocycles. The molecule has 3 heterocycles. The molecule has 0 bridgehead atoms. The molecule has 8 heteroatoms. The minimum absolute atomic E-state index is 0.172. The lowest BCUT2D eigenvalue weighted by Gasteiger charge is -2.25. The molecule has 1 fully saturated rings. The summed E-state index contributed by atoms with van der Waals surface area (Å²) in [6.45, 7) is 5.28. The van der Waals surface area contributed by atoms with Crippen molar-refractivity contribution in [2.24, 2.45) is 0 Å². The zero-order valence-electron chi connectivity index (χ0n) is 16.9. The van der Waals surface area contributed by atoms with Gasteiger partial charge >= 0.3 is 0 Å². The summed E-state index contributed by atoms with van der Waals surface area (Å²) in [6.07, 6.45) is 6.59. The average molecular weight is 403 g/mol. The lowest BCUT2D eigenvalue weighted by molar-refractivity contribution is 0.477. The number of nitrogens with two attached hydrogens (primary N) is 1. The van der Waals surface area contributed by atoms with E-state index in [0.717, 1.165) is 44.1 Å². The average Bonchev–Trinajstić information content (AvgIpc) is 3.01. The summed E-state index contributed by atoms with van der Waals surface area (Å²) in [5, 5.41) is 18.5. The van der Waals surface area contributed by atoms with Crippen LogP contribution in [0.3, 0.4) is 0 Å². The SMILES string of the molecule is CC=Cc1nccc(N2CCCN(c3cc(-c4ccccc4O)nnc3N)CC2)n1. The van der Waals surface area contributed by atoms with Gasteiger partial charge < -0.3 is 20.6 Å². The van der Waals surface area contributed by atoms with Gasteiger partial charge in [-0.2, -0.15) is 0 Å². The van der Waals surface area contributed by atoms with Crippen molar-refractivity contribution in [3.8, 4) is 17.0 Å². The van der Waals surface area contributed by atoms with E-state index in [-0.39, 0.29) is 5.75 Å². The minimum Gasteiger partial charge on any atom is -0.507 e. The van der Waals surface area contributed by atoms with Gasteiger partial charge in [-0.25, -0.2) is 9.97 Å². The van der Waals surface area contributed by atoms with Crippen molar-refractivity contribution in [2.75, 3.05) is 41.7 Å². The Morgan fingerprint density at radius 2 is 1.83 bits per heavy atom. The number of benzene rings is 1. The quantitative estimate of drug-likeness (QED) is 0.685. The first-order valence-electron chi connectivity index (χ1n) is 10.0. The second-order valence-electron chi connectivity index (χ2n) is 7.12. The maximum absolute atomic E-state index is 10.2.